The van der Waals surface area contributed by atoms with Gasteiger partial charge in [0.05, 0.1) is 13.0 Å². The van der Waals surface area contributed by atoms with Crippen molar-refractivity contribution in [2.75, 3.05) is 6.61 Å². The van der Waals surface area contributed by atoms with Gasteiger partial charge in [0, 0.05) is 22.7 Å². The molecule has 0 radical (unpaired) electrons. The van der Waals surface area contributed by atoms with Crippen molar-refractivity contribution in [1.82, 2.24) is 9.97 Å². The molecule has 7 heteroatoms. The Morgan fingerprint density at radius 2 is 2.42 bits per heavy atom. The lowest BCUT2D eigenvalue weighted by Crippen LogP contribution is -2.33. The number of aromatic amines is 1. The van der Waals surface area contributed by atoms with Crippen LogP contribution in [-0.2, 0) is 16.0 Å². The van der Waals surface area contributed by atoms with Crippen LogP contribution in [0.2, 0.25) is 0 Å². The first kappa shape index (κ1) is 13.0. The van der Waals surface area contributed by atoms with Crippen LogP contribution in [0.1, 0.15) is 12.5 Å². The van der Waals surface area contributed by atoms with Gasteiger partial charge in [-0.3, -0.25) is 10.1 Å². The molecule has 100 valence electrons. The maximum atomic E-state index is 11.6. The van der Waals surface area contributed by atoms with E-state index in [4.69, 9.17) is 4.74 Å². The molecule has 0 fully saturated rings. The summed E-state index contributed by atoms with van der Waals surface area (Å²) in [4.78, 5) is 28.9. The third-order valence-electron chi connectivity index (χ3n) is 2.76. The number of rotatable bonds is 5. The molecule has 2 rings (SSSR count). The molecule has 1 atom stereocenters. The first-order valence-electron chi connectivity index (χ1n) is 5.84. The van der Waals surface area contributed by atoms with Crippen molar-refractivity contribution in [2.24, 2.45) is 0 Å². The Hall–Kier alpha value is -2.44. The van der Waals surface area contributed by atoms with Gasteiger partial charge in [0.2, 0.25) is 0 Å². The standard InChI is InChI=1S/C12H13N3O4/c1-2-19-12(16)10(15(17)18)6-8-7-14-11-9(8)4-3-5-13-11/h3-5,7,10H,2,6H2,1H3,(H,13,14). The first-order chi connectivity index (χ1) is 9.13. The predicted octanol–water partition coefficient (Wildman–Crippen LogP) is 1.31. The monoisotopic (exact) mass is 263 g/mol. The lowest BCUT2D eigenvalue weighted by Gasteiger charge is -2.07. The van der Waals surface area contributed by atoms with E-state index in [1.807, 2.05) is 0 Å². The second kappa shape index (κ2) is 5.47. The van der Waals surface area contributed by atoms with Crippen LogP contribution in [0.15, 0.2) is 24.5 Å². The number of nitrogens with zero attached hydrogens (tertiary/aromatic N) is 2. The van der Waals surface area contributed by atoms with E-state index in [0.717, 1.165) is 5.39 Å². The third-order valence-corrected chi connectivity index (χ3v) is 2.76. The highest BCUT2D eigenvalue weighted by Crippen LogP contribution is 2.18. The Bertz CT molecular complexity index is 608. The fourth-order valence-corrected chi connectivity index (χ4v) is 1.87. The maximum absolute atomic E-state index is 11.6. The van der Waals surface area contributed by atoms with Gasteiger partial charge >= 0.3 is 12.0 Å². The Morgan fingerprint density at radius 1 is 1.63 bits per heavy atom. The van der Waals surface area contributed by atoms with E-state index in [2.05, 4.69) is 9.97 Å². The molecular formula is C12H13N3O4. The van der Waals surface area contributed by atoms with Crippen molar-refractivity contribution >= 4 is 17.0 Å². The Kier molecular flexibility index (Phi) is 3.74. The summed E-state index contributed by atoms with van der Waals surface area (Å²) in [6.45, 7) is 1.74. The summed E-state index contributed by atoms with van der Waals surface area (Å²) >= 11 is 0. The molecule has 0 aliphatic carbocycles. The molecule has 19 heavy (non-hydrogen) atoms. The van der Waals surface area contributed by atoms with Crippen molar-refractivity contribution in [3.8, 4) is 0 Å². The zero-order chi connectivity index (χ0) is 13.8. The molecule has 2 aromatic heterocycles. The highest BCUT2D eigenvalue weighted by molar-refractivity contribution is 5.81. The number of ether oxygens (including phenoxy) is 1. The smallest absolute Gasteiger partial charge is 0.382 e. The molecule has 0 saturated carbocycles. The average molecular weight is 263 g/mol. The Labute approximate surface area is 108 Å². The van der Waals surface area contributed by atoms with Crippen LogP contribution < -0.4 is 0 Å². The normalized spacial score (nSPS) is 12.3. The van der Waals surface area contributed by atoms with Gasteiger partial charge in [0.25, 0.3) is 0 Å². The molecule has 0 aliphatic heterocycles. The molecule has 0 aromatic carbocycles. The lowest BCUT2D eigenvalue weighted by molar-refractivity contribution is -0.510. The number of esters is 1. The minimum Gasteiger partial charge on any atom is -0.461 e. The van der Waals surface area contributed by atoms with E-state index in [1.165, 1.54) is 0 Å². The molecule has 7 nitrogen and oxygen atoms in total. The number of carbonyl (C=O) groups is 1. The zero-order valence-electron chi connectivity index (χ0n) is 10.3. The van der Waals surface area contributed by atoms with E-state index in [-0.39, 0.29) is 13.0 Å². The SMILES string of the molecule is CCOC(=O)C(Cc1c[nH]c2ncccc12)[N+](=O)[O-]. The van der Waals surface area contributed by atoms with Gasteiger partial charge in [0.1, 0.15) is 5.65 Å². The minimum atomic E-state index is -1.39. The third kappa shape index (κ3) is 2.70. The summed E-state index contributed by atoms with van der Waals surface area (Å²) in [5.41, 5.74) is 1.32. The van der Waals surface area contributed by atoms with Crippen LogP contribution in [0, 0.1) is 10.1 Å². The van der Waals surface area contributed by atoms with Crippen molar-refractivity contribution in [1.29, 1.82) is 0 Å². The van der Waals surface area contributed by atoms with Crippen molar-refractivity contribution in [2.45, 2.75) is 19.4 Å². The second-order valence-corrected chi connectivity index (χ2v) is 3.97. The summed E-state index contributed by atoms with van der Waals surface area (Å²) in [5.74, 6) is -0.814. The molecule has 2 aromatic rings. The predicted molar refractivity (Wildman–Crippen MR) is 67.2 cm³/mol. The number of H-pyrrole nitrogens is 1. The zero-order valence-corrected chi connectivity index (χ0v) is 10.3. The molecule has 0 spiro atoms. The molecule has 0 aliphatic rings. The number of fused-ring (bicyclic) bond motifs is 1. The number of aromatic nitrogens is 2. The van der Waals surface area contributed by atoms with Gasteiger partial charge in [0.15, 0.2) is 0 Å². The van der Waals surface area contributed by atoms with Crippen LogP contribution in [0.5, 0.6) is 0 Å². The summed E-state index contributed by atoms with van der Waals surface area (Å²) in [6, 6.07) is 2.15. The van der Waals surface area contributed by atoms with Crippen molar-refractivity contribution in [3.05, 3.63) is 40.2 Å². The fourth-order valence-electron chi connectivity index (χ4n) is 1.87. The Morgan fingerprint density at radius 3 is 3.11 bits per heavy atom. The van der Waals surface area contributed by atoms with Gasteiger partial charge in [-0.15, -0.1) is 0 Å². The number of hydrogen-bond acceptors (Lipinski definition) is 5. The molecule has 0 bridgehead atoms. The van der Waals surface area contributed by atoms with Gasteiger partial charge in [-0.05, 0) is 24.6 Å². The minimum absolute atomic E-state index is 0.0163. The van der Waals surface area contributed by atoms with E-state index in [0.29, 0.717) is 11.2 Å². The number of nitro groups is 1. The summed E-state index contributed by atoms with van der Waals surface area (Å²) < 4.78 is 4.72. The molecule has 2 heterocycles. The quantitative estimate of drug-likeness (QED) is 0.498. The average Bonchev–Trinajstić information content (AvgIpc) is 2.79. The molecule has 0 saturated heterocycles. The summed E-state index contributed by atoms with van der Waals surface area (Å²) in [6.07, 6.45) is 3.24. The molecule has 1 unspecified atom stereocenters. The second-order valence-electron chi connectivity index (χ2n) is 3.97. The number of carbonyl (C=O) groups excluding carboxylic acids is 1. The number of nitrogens with one attached hydrogen (secondary N) is 1. The van der Waals surface area contributed by atoms with Crippen LogP contribution in [0.25, 0.3) is 11.0 Å². The first-order valence-corrected chi connectivity index (χ1v) is 5.84. The van der Waals surface area contributed by atoms with E-state index in [1.54, 1.807) is 31.5 Å². The molecule has 1 N–H and O–H groups in total. The van der Waals surface area contributed by atoms with Crippen molar-refractivity contribution in [3.63, 3.8) is 0 Å². The van der Waals surface area contributed by atoms with Crippen LogP contribution in [0.4, 0.5) is 0 Å². The highest BCUT2D eigenvalue weighted by atomic mass is 16.6. The number of hydrogen-bond donors (Lipinski definition) is 1. The maximum Gasteiger partial charge on any atom is 0.382 e. The van der Waals surface area contributed by atoms with Crippen LogP contribution in [-0.4, -0.2) is 33.5 Å². The van der Waals surface area contributed by atoms with E-state index >= 15 is 0 Å². The summed E-state index contributed by atoms with van der Waals surface area (Å²) in [7, 11) is 0. The lowest BCUT2D eigenvalue weighted by atomic mass is 10.1. The van der Waals surface area contributed by atoms with Gasteiger partial charge < -0.3 is 9.72 Å². The van der Waals surface area contributed by atoms with E-state index < -0.39 is 16.9 Å². The topological polar surface area (TPSA) is 98.1 Å². The van der Waals surface area contributed by atoms with Crippen LogP contribution in [0.3, 0.4) is 0 Å². The van der Waals surface area contributed by atoms with Gasteiger partial charge in [-0.2, -0.15) is 0 Å². The van der Waals surface area contributed by atoms with Crippen molar-refractivity contribution < 1.29 is 14.5 Å². The number of pyridine rings is 1. The van der Waals surface area contributed by atoms with Gasteiger partial charge in [-0.25, -0.2) is 9.78 Å². The largest absolute Gasteiger partial charge is 0.461 e. The van der Waals surface area contributed by atoms with Crippen LogP contribution >= 0.6 is 0 Å². The highest BCUT2D eigenvalue weighted by Gasteiger charge is 2.32. The fraction of sp³-hybridized carbons (Fsp3) is 0.333. The molecule has 0 amide bonds. The molecular weight excluding hydrogens is 250 g/mol. The van der Waals surface area contributed by atoms with E-state index in [9.17, 15) is 14.9 Å². The van der Waals surface area contributed by atoms with Gasteiger partial charge in [-0.1, -0.05) is 0 Å². The Balaban J connectivity index is 2.26. The summed E-state index contributed by atoms with van der Waals surface area (Å²) in [5, 5.41) is 11.7.